The predicted octanol–water partition coefficient (Wildman–Crippen LogP) is 0.848. The molecule has 1 amide bonds. The molecule has 1 saturated heterocycles. The largest absolute Gasteiger partial charge is 0.397 e. The van der Waals surface area contributed by atoms with Gasteiger partial charge < -0.3 is 20.4 Å². The van der Waals surface area contributed by atoms with Crippen molar-refractivity contribution in [2.45, 2.75) is 18.9 Å². The summed E-state index contributed by atoms with van der Waals surface area (Å²) in [5.41, 5.74) is 6.72. The third-order valence-corrected chi connectivity index (χ3v) is 3.00. The molecule has 0 radical (unpaired) electrons. The van der Waals surface area contributed by atoms with E-state index in [-0.39, 0.29) is 12.0 Å². The molecule has 88 valence electrons. The van der Waals surface area contributed by atoms with Crippen molar-refractivity contribution < 1.29 is 9.53 Å². The molecule has 2 heterocycles. The van der Waals surface area contributed by atoms with E-state index in [4.69, 9.17) is 10.5 Å². The average molecular weight is 223 g/mol. The van der Waals surface area contributed by atoms with Crippen LogP contribution in [0.1, 0.15) is 23.3 Å². The van der Waals surface area contributed by atoms with Gasteiger partial charge in [-0.2, -0.15) is 0 Å². The van der Waals surface area contributed by atoms with Gasteiger partial charge in [0, 0.05) is 32.1 Å². The van der Waals surface area contributed by atoms with Crippen molar-refractivity contribution in [3.8, 4) is 0 Å². The number of anilines is 1. The van der Waals surface area contributed by atoms with E-state index in [0.717, 1.165) is 25.9 Å². The zero-order valence-electron chi connectivity index (χ0n) is 9.40. The summed E-state index contributed by atoms with van der Waals surface area (Å²) < 4.78 is 5.26. The number of amides is 1. The molecule has 3 N–H and O–H groups in total. The van der Waals surface area contributed by atoms with E-state index in [1.807, 2.05) is 4.90 Å². The first kappa shape index (κ1) is 11.0. The molecule has 0 atom stereocenters. The number of methoxy groups -OCH3 is 1. The molecule has 1 aliphatic rings. The molecule has 0 bridgehead atoms. The topological polar surface area (TPSA) is 71.3 Å². The van der Waals surface area contributed by atoms with E-state index < -0.39 is 0 Å². The number of piperidine rings is 1. The van der Waals surface area contributed by atoms with Gasteiger partial charge in [-0.3, -0.25) is 4.79 Å². The van der Waals surface area contributed by atoms with Crippen LogP contribution in [0, 0.1) is 0 Å². The van der Waals surface area contributed by atoms with E-state index in [0.29, 0.717) is 11.4 Å². The molecule has 5 nitrogen and oxygen atoms in total. The van der Waals surface area contributed by atoms with Crippen molar-refractivity contribution in [1.29, 1.82) is 0 Å². The minimum atomic E-state index is 0.0197. The average Bonchev–Trinajstić information content (AvgIpc) is 2.75. The van der Waals surface area contributed by atoms with Gasteiger partial charge >= 0.3 is 0 Å². The smallest absolute Gasteiger partial charge is 0.270 e. The molecule has 1 aliphatic heterocycles. The number of hydrogen-bond donors (Lipinski definition) is 2. The Bertz CT molecular complexity index is 367. The second-order valence-electron chi connectivity index (χ2n) is 4.07. The fourth-order valence-electron chi connectivity index (χ4n) is 2.00. The van der Waals surface area contributed by atoms with Crippen LogP contribution >= 0.6 is 0 Å². The third-order valence-electron chi connectivity index (χ3n) is 3.00. The molecule has 0 spiro atoms. The predicted molar refractivity (Wildman–Crippen MR) is 61.1 cm³/mol. The number of carbonyl (C=O) groups excluding carboxylic acids is 1. The summed E-state index contributed by atoms with van der Waals surface area (Å²) in [4.78, 5) is 16.7. The highest BCUT2D eigenvalue weighted by Crippen LogP contribution is 2.16. The minimum Gasteiger partial charge on any atom is -0.397 e. The Kier molecular flexibility index (Phi) is 3.14. The van der Waals surface area contributed by atoms with Crippen LogP contribution in [0.25, 0.3) is 0 Å². The molecule has 0 aromatic carbocycles. The number of rotatable bonds is 2. The molecule has 0 unspecified atom stereocenters. The second kappa shape index (κ2) is 4.57. The zero-order chi connectivity index (χ0) is 11.5. The molecular formula is C11H17N3O2. The van der Waals surface area contributed by atoms with Crippen LogP contribution in [-0.2, 0) is 4.74 Å². The lowest BCUT2D eigenvalue weighted by Gasteiger charge is -2.30. The highest BCUT2D eigenvalue weighted by Gasteiger charge is 2.23. The number of carbonyl (C=O) groups is 1. The van der Waals surface area contributed by atoms with Crippen LogP contribution < -0.4 is 5.73 Å². The second-order valence-corrected chi connectivity index (χ2v) is 4.07. The van der Waals surface area contributed by atoms with Crippen LogP contribution in [0.4, 0.5) is 5.69 Å². The fraction of sp³-hybridized carbons (Fsp3) is 0.545. The molecule has 1 fully saturated rings. The van der Waals surface area contributed by atoms with E-state index in [2.05, 4.69) is 4.98 Å². The van der Waals surface area contributed by atoms with Gasteiger partial charge in [-0.15, -0.1) is 0 Å². The van der Waals surface area contributed by atoms with Crippen molar-refractivity contribution >= 4 is 11.6 Å². The van der Waals surface area contributed by atoms with E-state index >= 15 is 0 Å². The Balaban J connectivity index is 1.96. The van der Waals surface area contributed by atoms with Crippen LogP contribution in [0.3, 0.4) is 0 Å². The minimum absolute atomic E-state index is 0.0197. The number of ether oxygens (including phenoxy) is 1. The number of nitrogens with zero attached hydrogens (tertiary/aromatic N) is 1. The van der Waals surface area contributed by atoms with Crippen molar-refractivity contribution in [1.82, 2.24) is 9.88 Å². The summed E-state index contributed by atoms with van der Waals surface area (Å²) in [7, 11) is 1.72. The maximum absolute atomic E-state index is 12.0. The summed E-state index contributed by atoms with van der Waals surface area (Å²) in [5, 5.41) is 0. The monoisotopic (exact) mass is 223 g/mol. The first-order chi connectivity index (χ1) is 7.70. The van der Waals surface area contributed by atoms with Gasteiger partial charge in [0.2, 0.25) is 0 Å². The summed E-state index contributed by atoms with van der Waals surface area (Å²) in [5.74, 6) is 0.0197. The first-order valence-corrected chi connectivity index (χ1v) is 5.46. The zero-order valence-corrected chi connectivity index (χ0v) is 9.40. The number of nitrogens with one attached hydrogen (secondary N) is 1. The highest BCUT2D eigenvalue weighted by atomic mass is 16.5. The van der Waals surface area contributed by atoms with Gasteiger partial charge in [0.15, 0.2) is 0 Å². The molecule has 0 saturated carbocycles. The number of aromatic amines is 1. The summed E-state index contributed by atoms with van der Waals surface area (Å²) >= 11 is 0. The fourth-order valence-corrected chi connectivity index (χ4v) is 2.00. The number of likely N-dealkylation sites (tertiary alicyclic amines) is 1. The number of hydrogen-bond acceptors (Lipinski definition) is 3. The van der Waals surface area contributed by atoms with Crippen LogP contribution in [0.2, 0.25) is 0 Å². The van der Waals surface area contributed by atoms with Crippen LogP contribution in [0.5, 0.6) is 0 Å². The highest BCUT2D eigenvalue weighted by molar-refractivity contribution is 5.93. The normalized spacial score (nSPS) is 17.7. The SMILES string of the molecule is COC1CCN(C(=O)c2cc(N)c[nH]2)CC1. The van der Waals surface area contributed by atoms with E-state index in [1.54, 1.807) is 19.4 Å². The molecular weight excluding hydrogens is 206 g/mol. The number of H-pyrrole nitrogens is 1. The lowest BCUT2D eigenvalue weighted by molar-refractivity contribution is 0.0348. The van der Waals surface area contributed by atoms with Crippen molar-refractivity contribution in [2.75, 3.05) is 25.9 Å². The molecule has 2 rings (SSSR count). The van der Waals surface area contributed by atoms with Crippen molar-refractivity contribution in [2.24, 2.45) is 0 Å². The Hall–Kier alpha value is -1.49. The quantitative estimate of drug-likeness (QED) is 0.780. The summed E-state index contributed by atoms with van der Waals surface area (Å²) in [6.45, 7) is 1.49. The maximum atomic E-state index is 12.0. The number of aromatic nitrogens is 1. The summed E-state index contributed by atoms with van der Waals surface area (Å²) in [6.07, 6.45) is 3.73. The first-order valence-electron chi connectivity index (χ1n) is 5.46. The van der Waals surface area contributed by atoms with Crippen LogP contribution in [-0.4, -0.2) is 42.1 Å². The molecule has 5 heteroatoms. The van der Waals surface area contributed by atoms with Gasteiger partial charge in [-0.05, 0) is 18.9 Å². The van der Waals surface area contributed by atoms with Crippen LogP contribution in [0.15, 0.2) is 12.3 Å². The Morgan fingerprint density at radius 1 is 1.56 bits per heavy atom. The standard InChI is InChI=1S/C11H17N3O2/c1-16-9-2-4-14(5-3-9)11(15)10-6-8(12)7-13-10/h6-7,9,13H,2-5,12H2,1H3. The maximum Gasteiger partial charge on any atom is 0.270 e. The van der Waals surface area contributed by atoms with Gasteiger partial charge in [-0.25, -0.2) is 0 Å². The van der Waals surface area contributed by atoms with Gasteiger partial charge in [-0.1, -0.05) is 0 Å². The van der Waals surface area contributed by atoms with Gasteiger partial charge in [0.05, 0.1) is 6.10 Å². The van der Waals surface area contributed by atoms with Gasteiger partial charge in [0.1, 0.15) is 5.69 Å². The van der Waals surface area contributed by atoms with Crippen molar-refractivity contribution in [3.05, 3.63) is 18.0 Å². The Labute approximate surface area is 94.6 Å². The Morgan fingerprint density at radius 3 is 2.75 bits per heavy atom. The molecule has 0 aliphatic carbocycles. The lowest BCUT2D eigenvalue weighted by atomic mass is 10.1. The molecule has 1 aromatic heterocycles. The number of nitrogen functional groups attached to an aromatic ring is 1. The van der Waals surface area contributed by atoms with Crippen molar-refractivity contribution in [3.63, 3.8) is 0 Å². The lowest BCUT2D eigenvalue weighted by Crippen LogP contribution is -2.40. The molecule has 16 heavy (non-hydrogen) atoms. The number of nitrogens with two attached hydrogens (primary N) is 1. The third kappa shape index (κ3) is 2.19. The van der Waals surface area contributed by atoms with E-state index in [9.17, 15) is 4.79 Å². The van der Waals surface area contributed by atoms with E-state index in [1.165, 1.54) is 0 Å². The van der Waals surface area contributed by atoms with Gasteiger partial charge in [0.25, 0.3) is 5.91 Å². The molecule has 1 aromatic rings. The Morgan fingerprint density at radius 2 is 2.25 bits per heavy atom. The summed E-state index contributed by atoms with van der Waals surface area (Å²) in [6, 6.07) is 1.67.